The van der Waals surface area contributed by atoms with Crippen LogP contribution in [0.4, 0.5) is 0 Å². The quantitative estimate of drug-likeness (QED) is 0.0262. The Balaban J connectivity index is 4.39. The van der Waals surface area contributed by atoms with Gasteiger partial charge in [0.2, 0.25) is 0 Å². The molecule has 0 aromatic carbocycles. The number of hydrogen-bond acceptors (Lipinski definition) is 6. The van der Waals surface area contributed by atoms with Crippen LogP contribution in [0.1, 0.15) is 239 Å². The lowest BCUT2D eigenvalue weighted by Gasteiger charge is -2.18. The van der Waals surface area contributed by atoms with Gasteiger partial charge in [-0.05, 0) is 103 Å². The van der Waals surface area contributed by atoms with Gasteiger partial charge in [0, 0.05) is 19.3 Å². The molecule has 0 saturated carbocycles. The minimum Gasteiger partial charge on any atom is -0.462 e. The summed E-state index contributed by atoms with van der Waals surface area (Å²) >= 11 is 0. The first-order valence-corrected chi connectivity index (χ1v) is 26.1. The predicted octanol–water partition coefficient (Wildman–Crippen LogP) is 17.2. The second-order valence-electron chi connectivity index (χ2n) is 17.0. The molecule has 0 heterocycles. The molecule has 0 bridgehead atoms. The molecule has 0 aliphatic carbocycles. The summed E-state index contributed by atoms with van der Waals surface area (Å²) in [6.07, 6.45) is 65.8. The van der Waals surface area contributed by atoms with Crippen molar-refractivity contribution in [2.45, 2.75) is 245 Å². The molecule has 0 N–H and O–H groups in total. The van der Waals surface area contributed by atoms with Crippen molar-refractivity contribution in [3.63, 3.8) is 0 Å². The highest BCUT2D eigenvalue weighted by molar-refractivity contribution is 5.71. The Labute approximate surface area is 388 Å². The average Bonchev–Trinajstić information content (AvgIpc) is 3.28. The maximum Gasteiger partial charge on any atom is 0.306 e. The lowest BCUT2D eigenvalue weighted by atomic mass is 10.1. The Kier molecular flexibility index (Phi) is 48.5. The third-order valence-electron chi connectivity index (χ3n) is 10.9. The number of hydrogen-bond donors (Lipinski definition) is 0. The van der Waals surface area contributed by atoms with E-state index in [-0.39, 0.29) is 37.5 Å². The van der Waals surface area contributed by atoms with E-state index in [9.17, 15) is 14.4 Å². The fraction of sp³-hybridized carbons (Fsp3) is 0.702. The van der Waals surface area contributed by atoms with Gasteiger partial charge < -0.3 is 14.2 Å². The van der Waals surface area contributed by atoms with Gasteiger partial charge in [0.25, 0.3) is 0 Å². The van der Waals surface area contributed by atoms with Crippen molar-refractivity contribution in [1.29, 1.82) is 0 Å². The van der Waals surface area contributed by atoms with Gasteiger partial charge in [0.1, 0.15) is 13.2 Å². The first-order chi connectivity index (χ1) is 31.0. The van der Waals surface area contributed by atoms with Crippen LogP contribution >= 0.6 is 0 Å². The van der Waals surface area contributed by atoms with Crippen LogP contribution < -0.4 is 0 Å². The van der Waals surface area contributed by atoms with Crippen LogP contribution in [0.25, 0.3) is 0 Å². The fourth-order valence-corrected chi connectivity index (χ4v) is 7.00. The molecule has 1 unspecified atom stereocenters. The van der Waals surface area contributed by atoms with E-state index >= 15 is 0 Å². The third kappa shape index (κ3) is 49.5. The average molecular weight is 877 g/mol. The van der Waals surface area contributed by atoms with Crippen molar-refractivity contribution >= 4 is 17.9 Å². The minimum atomic E-state index is -0.800. The maximum atomic E-state index is 12.8. The molecule has 6 heteroatoms. The molecular weight excluding hydrogens is 781 g/mol. The summed E-state index contributed by atoms with van der Waals surface area (Å²) < 4.78 is 16.7. The lowest BCUT2D eigenvalue weighted by molar-refractivity contribution is -0.167. The van der Waals surface area contributed by atoms with Gasteiger partial charge in [0.05, 0.1) is 0 Å². The first kappa shape index (κ1) is 59.6. The van der Waals surface area contributed by atoms with Crippen molar-refractivity contribution in [3.8, 4) is 0 Å². The molecule has 0 saturated heterocycles. The van der Waals surface area contributed by atoms with Crippen LogP contribution in [0, 0.1) is 0 Å². The van der Waals surface area contributed by atoms with Crippen molar-refractivity contribution in [1.82, 2.24) is 0 Å². The van der Waals surface area contributed by atoms with E-state index in [1.165, 1.54) is 109 Å². The predicted molar refractivity (Wildman–Crippen MR) is 270 cm³/mol. The SMILES string of the molecule is CC/C=C\C/C=C\C/C=C\CCCCCCCCCCCC(=O)OCC(COC(=O)CCC/C=C\C/C=C\C/C=C\CC)OC(=O)CCCCCCCCC/C=C\CCCCCC. The number of unbranched alkanes of at least 4 members (excludes halogenated alkanes) is 21. The van der Waals surface area contributed by atoms with Crippen LogP contribution in [0.5, 0.6) is 0 Å². The molecule has 0 amide bonds. The standard InChI is InChI=1S/C57H96O6/c1-4-7-10-13-16-19-22-24-26-27-28-29-31-32-35-38-41-44-47-50-56(59)62-53-54(52-61-55(58)49-46-43-40-37-34-21-18-15-12-9-6-3)63-57(60)51-48-45-42-39-36-33-30-25-23-20-17-14-11-8-5-2/h7,9-10,12,16,18-21,23-24,26,37,40,54H,4-6,8,11,13-15,17,22,25,27-36,38-39,41-53H2,1-3H3/b10-7-,12-9-,19-16-,21-18-,23-20-,26-24-,40-37-. The largest absolute Gasteiger partial charge is 0.462 e. The van der Waals surface area contributed by atoms with Crippen LogP contribution in [-0.2, 0) is 28.6 Å². The van der Waals surface area contributed by atoms with Crippen LogP contribution in [-0.4, -0.2) is 37.2 Å². The summed E-state index contributed by atoms with van der Waals surface area (Å²) in [6, 6.07) is 0. The molecule has 0 radical (unpaired) electrons. The van der Waals surface area contributed by atoms with Crippen molar-refractivity contribution < 1.29 is 28.6 Å². The molecule has 0 rings (SSSR count). The smallest absolute Gasteiger partial charge is 0.306 e. The van der Waals surface area contributed by atoms with Crippen LogP contribution in [0.15, 0.2) is 85.1 Å². The number of rotatable bonds is 46. The Morgan fingerprint density at radius 1 is 0.333 bits per heavy atom. The van der Waals surface area contributed by atoms with Gasteiger partial charge in [-0.25, -0.2) is 0 Å². The lowest BCUT2D eigenvalue weighted by Crippen LogP contribution is -2.30. The van der Waals surface area contributed by atoms with Crippen molar-refractivity contribution in [3.05, 3.63) is 85.1 Å². The molecule has 63 heavy (non-hydrogen) atoms. The molecule has 6 nitrogen and oxygen atoms in total. The zero-order valence-electron chi connectivity index (χ0n) is 41.1. The highest BCUT2D eigenvalue weighted by atomic mass is 16.6. The molecule has 0 aromatic rings. The van der Waals surface area contributed by atoms with Crippen molar-refractivity contribution in [2.75, 3.05) is 13.2 Å². The van der Waals surface area contributed by atoms with E-state index in [1.54, 1.807) is 0 Å². The second-order valence-corrected chi connectivity index (χ2v) is 17.0. The van der Waals surface area contributed by atoms with E-state index in [4.69, 9.17) is 14.2 Å². The summed E-state index contributed by atoms with van der Waals surface area (Å²) in [5.74, 6) is -0.964. The van der Waals surface area contributed by atoms with Crippen molar-refractivity contribution in [2.24, 2.45) is 0 Å². The fourth-order valence-electron chi connectivity index (χ4n) is 7.00. The van der Waals surface area contributed by atoms with Gasteiger partial charge in [-0.15, -0.1) is 0 Å². The second kappa shape index (κ2) is 51.2. The summed E-state index contributed by atoms with van der Waals surface area (Å²) in [4.78, 5) is 37.9. The molecular formula is C57H96O6. The molecule has 0 aliphatic heterocycles. The van der Waals surface area contributed by atoms with E-state index in [0.717, 1.165) is 83.5 Å². The van der Waals surface area contributed by atoms with E-state index in [2.05, 4.69) is 106 Å². The Morgan fingerprint density at radius 3 is 1.05 bits per heavy atom. The van der Waals surface area contributed by atoms with E-state index < -0.39 is 6.10 Å². The summed E-state index contributed by atoms with van der Waals surface area (Å²) in [5.41, 5.74) is 0. The van der Waals surface area contributed by atoms with Crippen LogP contribution in [0.3, 0.4) is 0 Å². The molecule has 0 fully saturated rings. The van der Waals surface area contributed by atoms with Gasteiger partial charge >= 0.3 is 17.9 Å². The summed E-state index contributed by atoms with van der Waals surface area (Å²) in [5, 5.41) is 0. The van der Waals surface area contributed by atoms with Gasteiger partial charge in [0.15, 0.2) is 6.10 Å². The van der Waals surface area contributed by atoms with Crippen LogP contribution in [0.2, 0.25) is 0 Å². The topological polar surface area (TPSA) is 78.9 Å². The van der Waals surface area contributed by atoms with Gasteiger partial charge in [-0.2, -0.15) is 0 Å². The highest BCUT2D eigenvalue weighted by Crippen LogP contribution is 2.14. The number of ether oxygens (including phenoxy) is 3. The normalized spacial score (nSPS) is 12.7. The number of carbonyl (C=O) groups excluding carboxylic acids is 3. The maximum absolute atomic E-state index is 12.8. The number of esters is 3. The molecule has 360 valence electrons. The molecule has 1 atom stereocenters. The number of allylic oxidation sites excluding steroid dienone is 14. The van der Waals surface area contributed by atoms with E-state index in [1.807, 2.05) is 0 Å². The summed E-state index contributed by atoms with van der Waals surface area (Å²) in [7, 11) is 0. The number of carbonyl (C=O) groups is 3. The van der Waals surface area contributed by atoms with Gasteiger partial charge in [-0.1, -0.05) is 202 Å². The first-order valence-electron chi connectivity index (χ1n) is 26.1. The van der Waals surface area contributed by atoms with E-state index in [0.29, 0.717) is 19.3 Å². The highest BCUT2D eigenvalue weighted by Gasteiger charge is 2.19. The van der Waals surface area contributed by atoms with Gasteiger partial charge in [-0.3, -0.25) is 14.4 Å². The third-order valence-corrected chi connectivity index (χ3v) is 10.9. The molecule has 0 aromatic heterocycles. The Morgan fingerprint density at radius 2 is 0.635 bits per heavy atom. The molecule has 0 aliphatic rings. The Hall–Kier alpha value is -3.41. The Bertz CT molecular complexity index is 1240. The zero-order valence-corrected chi connectivity index (χ0v) is 41.1. The minimum absolute atomic E-state index is 0.0971. The summed E-state index contributed by atoms with van der Waals surface area (Å²) in [6.45, 7) is 6.34. The zero-order chi connectivity index (χ0) is 45.8. The monoisotopic (exact) mass is 877 g/mol. The molecule has 0 spiro atoms.